The normalized spacial score (nSPS) is 16.1. The maximum Gasteiger partial charge on any atom is 0.453 e. The summed E-state index contributed by atoms with van der Waals surface area (Å²) in [5.74, 6) is -4.99. The molecule has 0 amide bonds. The van der Waals surface area contributed by atoms with Gasteiger partial charge in [0, 0.05) is 6.42 Å². The van der Waals surface area contributed by atoms with Crippen molar-refractivity contribution in [2.45, 2.75) is 37.4 Å². The van der Waals surface area contributed by atoms with Crippen LogP contribution in [-0.4, -0.2) is 36.3 Å². The minimum atomic E-state index is -5.75. The number of hydrogen-bond donors (Lipinski definition) is 1. The summed E-state index contributed by atoms with van der Waals surface area (Å²) >= 11 is 0. The summed E-state index contributed by atoms with van der Waals surface area (Å²) in [5.41, 5.74) is 0. The average molecular weight is 276 g/mol. The van der Waals surface area contributed by atoms with Crippen LogP contribution in [0.5, 0.6) is 0 Å². The summed E-state index contributed by atoms with van der Waals surface area (Å²) in [6.07, 6.45) is -16.7. The predicted molar refractivity (Wildman–Crippen MR) is 38.2 cm³/mol. The Morgan fingerprint density at radius 3 is 1.76 bits per heavy atom. The molecule has 1 atom stereocenters. The van der Waals surface area contributed by atoms with Crippen LogP contribution in [0.2, 0.25) is 0 Å². The largest absolute Gasteiger partial charge is 0.453 e. The van der Waals surface area contributed by atoms with Crippen LogP contribution in [0.25, 0.3) is 0 Å². The van der Waals surface area contributed by atoms with Crippen LogP contribution >= 0.6 is 0 Å². The Bertz CT molecular complexity index is 233. The molecule has 1 unspecified atom stereocenters. The molecule has 2 nitrogen and oxygen atoms in total. The first-order valence-corrected chi connectivity index (χ1v) is 4.19. The van der Waals surface area contributed by atoms with Crippen molar-refractivity contribution in [1.29, 1.82) is 0 Å². The van der Waals surface area contributed by atoms with Crippen molar-refractivity contribution in [2.24, 2.45) is 0 Å². The molecule has 0 aromatic heterocycles. The molecule has 0 spiro atoms. The van der Waals surface area contributed by atoms with E-state index in [1.165, 1.54) is 0 Å². The third kappa shape index (κ3) is 5.48. The Kier molecular flexibility index (Phi) is 5.14. The zero-order valence-corrected chi connectivity index (χ0v) is 8.08. The zero-order valence-electron chi connectivity index (χ0n) is 8.08. The maximum absolute atomic E-state index is 12.2. The molecule has 0 fully saturated rings. The van der Waals surface area contributed by atoms with Crippen LogP contribution in [0.3, 0.4) is 0 Å². The number of aliphatic hydroxyl groups excluding tert-OH is 1. The lowest BCUT2D eigenvalue weighted by Gasteiger charge is -2.20. The van der Waals surface area contributed by atoms with E-state index in [2.05, 4.69) is 4.74 Å². The highest BCUT2D eigenvalue weighted by Gasteiger charge is 2.56. The van der Waals surface area contributed by atoms with Gasteiger partial charge in [-0.15, -0.1) is 0 Å². The van der Waals surface area contributed by atoms with E-state index in [9.17, 15) is 35.1 Å². The number of rotatable bonds is 5. The van der Waals surface area contributed by atoms with E-state index in [0.717, 1.165) is 0 Å². The monoisotopic (exact) mass is 276 g/mol. The molecule has 104 valence electrons. The molecule has 10 heteroatoms. The summed E-state index contributed by atoms with van der Waals surface area (Å²) in [5, 5.41) is 8.22. The van der Waals surface area contributed by atoms with Gasteiger partial charge in [-0.05, 0) is 6.42 Å². The molecule has 0 aliphatic heterocycles. The Morgan fingerprint density at radius 2 is 1.41 bits per heavy atom. The molecule has 0 radical (unpaired) electrons. The molecule has 0 saturated heterocycles. The molecule has 0 bridgehead atoms. The van der Waals surface area contributed by atoms with Gasteiger partial charge in [-0.25, -0.2) is 0 Å². The minimum absolute atomic E-state index is 0.973. The van der Waals surface area contributed by atoms with Crippen LogP contribution in [0.1, 0.15) is 12.8 Å². The van der Waals surface area contributed by atoms with Gasteiger partial charge in [0.2, 0.25) is 0 Å². The van der Waals surface area contributed by atoms with Crippen LogP contribution < -0.4 is 0 Å². The van der Waals surface area contributed by atoms with Gasteiger partial charge in [-0.3, -0.25) is 0 Å². The first kappa shape index (κ1) is 16.4. The van der Waals surface area contributed by atoms with Gasteiger partial charge >= 0.3 is 18.3 Å². The topological polar surface area (TPSA) is 29.5 Å². The molecule has 1 N–H and O–H groups in total. The maximum atomic E-state index is 12.2. The first-order chi connectivity index (χ1) is 7.38. The van der Waals surface area contributed by atoms with Crippen molar-refractivity contribution in [1.82, 2.24) is 0 Å². The van der Waals surface area contributed by atoms with E-state index < -0.39 is 44.0 Å². The summed E-state index contributed by atoms with van der Waals surface area (Å²) in [4.78, 5) is 0. The molecular weight excluding hydrogens is 268 g/mol. The Labute approximate surface area is 90.2 Å². The van der Waals surface area contributed by atoms with Gasteiger partial charge in [-0.1, -0.05) is 0 Å². The Morgan fingerprint density at radius 1 is 0.941 bits per heavy atom. The standard InChI is InChI=1S/C7H8F8O2/c8-5(9,7(13,14)15)2-1-3-17-4(16)6(10,11)12/h4,16H,1-3H2. The second-order valence-electron chi connectivity index (χ2n) is 3.07. The van der Waals surface area contributed by atoms with Crippen molar-refractivity contribution >= 4 is 0 Å². The van der Waals surface area contributed by atoms with E-state index in [1.807, 2.05) is 0 Å². The molecular formula is C7H8F8O2. The van der Waals surface area contributed by atoms with Gasteiger partial charge in [0.15, 0.2) is 0 Å². The number of aliphatic hydroxyl groups is 1. The molecule has 0 rings (SSSR count). The third-order valence-corrected chi connectivity index (χ3v) is 1.61. The van der Waals surface area contributed by atoms with E-state index in [-0.39, 0.29) is 0 Å². The van der Waals surface area contributed by atoms with Crippen molar-refractivity contribution < 1.29 is 45.0 Å². The highest BCUT2D eigenvalue weighted by atomic mass is 19.4. The van der Waals surface area contributed by atoms with Gasteiger partial charge in [-0.2, -0.15) is 35.1 Å². The number of hydrogen-bond acceptors (Lipinski definition) is 2. The van der Waals surface area contributed by atoms with Crippen molar-refractivity contribution in [3.05, 3.63) is 0 Å². The fourth-order valence-corrected chi connectivity index (χ4v) is 0.725. The first-order valence-electron chi connectivity index (χ1n) is 4.19. The van der Waals surface area contributed by atoms with Crippen molar-refractivity contribution in [3.8, 4) is 0 Å². The van der Waals surface area contributed by atoms with Crippen LogP contribution in [-0.2, 0) is 4.74 Å². The molecule has 0 heterocycles. The number of halogens is 8. The summed E-state index contributed by atoms with van der Waals surface area (Å²) in [6.45, 7) is -1.06. The molecule has 0 aliphatic carbocycles. The molecule has 17 heavy (non-hydrogen) atoms. The SMILES string of the molecule is OC(OCCCC(F)(F)C(F)(F)F)C(F)(F)F. The zero-order chi connectivity index (χ0) is 13.9. The minimum Gasteiger partial charge on any atom is -0.361 e. The van der Waals surface area contributed by atoms with Crippen LogP contribution in [0.4, 0.5) is 35.1 Å². The fourth-order valence-electron chi connectivity index (χ4n) is 0.725. The Balaban J connectivity index is 3.95. The summed E-state index contributed by atoms with van der Waals surface area (Å²) in [7, 11) is 0. The van der Waals surface area contributed by atoms with Crippen molar-refractivity contribution in [3.63, 3.8) is 0 Å². The fraction of sp³-hybridized carbons (Fsp3) is 1.00. The average Bonchev–Trinajstić information content (AvgIpc) is 2.08. The highest BCUT2D eigenvalue weighted by Crippen LogP contribution is 2.38. The second-order valence-corrected chi connectivity index (χ2v) is 3.07. The lowest BCUT2D eigenvalue weighted by atomic mass is 10.2. The predicted octanol–water partition coefficient (Wildman–Crippen LogP) is 2.86. The quantitative estimate of drug-likeness (QED) is 0.475. The Hall–Kier alpha value is -0.640. The second kappa shape index (κ2) is 5.34. The number of ether oxygens (including phenoxy) is 1. The van der Waals surface area contributed by atoms with Gasteiger partial charge in [0.05, 0.1) is 6.61 Å². The van der Waals surface area contributed by atoms with Gasteiger partial charge < -0.3 is 9.84 Å². The molecule has 0 aromatic carbocycles. The molecule has 0 aromatic rings. The summed E-state index contributed by atoms with van der Waals surface area (Å²) < 4.78 is 97.6. The highest BCUT2D eigenvalue weighted by molar-refractivity contribution is 4.75. The third-order valence-electron chi connectivity index (χ3n) is 1.61. The van der Waals surface area contributed by atoms with E-state index in [1.54, 1.807) is 0 Å². The van der Waals surface area contributed by atoms with E-state index in [0.29, 0.717) is 0 Å². The van der Waals surface area contributed by atoms with Gasteiger partial charge in [0.1, 0.15) is 0 Å². The van der Waals surface area contributed by atoms with E-state index in [4.69, 9.17) is 5.11 Å². The molecule has 0 aliphatic rings. The molecule has 0 saturated carbocycles. The van der Waals surface area contributed by atoms with E-state index >= 15 is 0 Å². The van der Waals surface area contributed by atoms with Crippen LogP contribution in [0.15, 0.2) is 0 Å². The lowest BCUT2D eigenvalue weighted by Crippen LogP contribution is -2.37. The smallest absolute Gasteiger partial charge is 0.361 e. The lowest BCUT2D eigenvalue weighted by molar-refractivity contribution is -0.299. The van der Waals surface area contributed by atoms with Crippen molar-refractivity contribution in [2.75, 3.05) is 6.61 Å². The summed E-state index contributed by atoms with van der Waals surface area (Å²) in [6, 6.07) is 0. The number of alkyl halides is 8. The van der Waals surface area contributed by atoms with Crippen LogP contribution in [0, 0.1) is 0 Å². The van der Waals surface area contributed by atoms with Gasteiger partial charge in [0.25, 0.3) is 6.29 Å².